The van der Waals surface area contributed by atoms with E-state index in [1.807, 2.05) is 24.1 Å². The van der Waals surface area contributed by atoms with Gasteiger partial charge in [-0.1, -0.05) is 13.8 Å². The summed E-state index contributed by atoms with van der Waals surface area (Å²) in [7, 11) is 1.94. The van der Waals surface area contributed by atoms with Gasteiger partial charge in [0.1, 0.15) is 0 Å². The van der Waals surface area contributed by atoms with Crippen molar-refractivity contribution in [1.29, 1.82) is 0 Å². The number of hydrogen-bond acceptors (Lipinski definition) is 2. The minimum Gasteiger partial charge on any atom is -0.308 e. The first-order valence-corrected chi connectivity index (χ1v) is 4.34. The molecule has 3 nitrogen and oxygen atoms in total. The molecule has 0 amide bonds. The van der Waals surface area contributed by atoms with Crippen molar-refractivity contribution in [2.75, 3.05) is 0 Å². The highest BCUT2D eigenvalue weighted by Crippen LogP contribution is 2.10. The van der Waals surface area contributed by atoms with Crippen LogP contribution in [0.3, 0.4) is 0 Å². The minimum atomic E-state index is 0.388. The van der Waals surface area contributed by atoms with Gasteiger partial charge in [-0.2, -0.15) is 5.10 Å². The van der Waals surface area contributed by atoms with Crippen molar-refractivity contribution >= 4 is 0 Å². The lowest BCUT2D eigenvalue weighted by atomic mass is 10.2. The lowest BCUT2D eigenvalue weighted by molar-refractivity contribution is 0.506. The van der Waals surface area contributed by atoms with Crippen molar-refractivity contribution in [2.45, 2.75) is 32.9 Å². The Morgan fingerprint density at radius 2 is 2.08 bits per heavy atom. The van der Waals surface area contributed by atoms with Gasteiger partial charge in [-0.25, -0.2) is 0 Å². The largest absolute Gasteiger partial charge is 0.308 e. The molecule has 0 aliphatic rings. The molecule has 1 atom stereocenters. The normalized spacial score (nSPS) is 13.8. The Hall–Kier alpha value is -0.830. The molecule has 1 rings (SSSR count). The van der Waals surface area contributed by atoms with E-state index in [0.717, 1.165) is 0 Å². The van der Waals surface area contributed by atoms with Gasteiger partial charge in [-0.15, -0.1) is 0 Å². The maximum Gasteiger partial charge on any atom is 0.0537 e. The Morgan fingerprint density at radius 1 is 1.42 bits per heavy atom. The van der Waals surface area contributed by atoms with E-state index >= 15 is 0 Å². The molecule has 0 aliphatic carbocycles. The molecule has 0 fully saturated rings. The predicted octanol–water partition coefficient (Wildman–Crippen LogP) is 1.48. The second-order valence-corrected chi connectivity index (χ2v) is 3.49. The van der Waals surface area contributed by atoms with Crippen LogP contribution in [0.15, 0.2) is 12.4 Å². The average molecular weight is 167 g/mol. The fourth-order valence-electron chi connectivity index (χ4n) is 1.26. The van der Waals surface area contributed by atoms with E-state index in [0.29, 0.717) is 12.1 Å². The first-order chi connectivity index (χ1) is 5.59. The number of rotatable bonds is 3. The van der Waals surface area contributed by atoms with Gasteiger partial charge in [-0.3, -0.25) is 4.68 Å². The first-order valence-electron chi connectivity index (χ1n) is 4.34. The molecule has 68 valence electrons. The number of nitrogens with zero attached hydrogens (tertiary/aromatic N) is 2. The second-order valence-electron chi connectivity index (χ2n) is 3.49. The summed E-state index contributed by atoms with van der Waals surface area (Å²) in [6.45, 7) is 6.44. The summed E-state index contributed by atoms with van der Waals surface area (Å²) in [5.41, 5.74) is 1.24. The summed E-state index contributed by atoms with van der Waals surface area (Å²) >= 11 is 0. The molecule has 1 aromatic rings. The molecule has 1 heterocycles. The van der Waals surface area contributed by atoms with Gasteiger partial charge < -0.3 is 5.32 Å². The molecule has 0 radical (unpaired) electrons. The van der Waals surface area contributed by atoms with Crippen LogP contribution >= 0.6 is 0 Å². The number of nitrogens with one attached hydrogen (secondary N) is 1. The monoisotopic (exact) mass is 167 g/mol. The zero-order valence-electron chi connectivity index (χ0n) is 8.20. The predicted molar refractivity (Wildman–Crippen MR) is 49.9 cm³/mol. The molecule has 1 unspecified atom stereocenters. The van der Waals surface area contributed by atoms with E-state index in [9.17, 15) is 0 Å². The molecule has 1 aromatic heterocycles. The summed E-state index contributed by atoms with van der Waals surface area (Å²) in [6.07, 6.45) is 3.94. The minimum absolute atomic E-state index is 0.388. The zero-order chi connectivity index (χ0) is 9.14. The highest BCUT2D eigenvalue weighted by molar-refractivity contribution is 5.08. The smallest absolute Gasteiger partial charge is 0.0537 e. The van der Waals surface area contributed by atoms with Gasteiger partial charge in [0, 0.05) is 30.9 Å². The lowest BCUT2D eigenvalue weighted by Crippen LogP contribution is -2.25. The quantitative estimate of drug-likeness (QED) is 0.739. The Labute approximate surface area is 73.8 Å². The molecule has 0 spiro atoms. The Bertz CT molecular complexity index is 240. The molecule has 0 aliphatic heterocycles. The Kier molecular flexibility index (Phi) is 2.87. The molecule has 0 saturated carbocycles. The third kappa shape index (κ3) is 2.34. The summed E-state index contributed by atoms with van der Waals surface area (Å²) < 4.78 is 1.83. The highest BCUT2D eigenvalue weighted by atomic mass is 15.2. The highest BCUT2D eigenvalue weighted by Gasteiger charge is 2.07. The summed E-state index contributed by atoms with van der Waals surface area (Å²) in [6, 6.07) is 0.902. The van der Waals surface area contributed by atoms with Crippen molar-refractivity contribution in [2.24, 2.45) is 7.05 Å². The van der Waals surface area contributed by atoms with E-state index < -0.39 is 0 Å². The molecular weight excluding hydrogens is 150 g/mol. The fourth-order valence-corrected chi connectivity index (χ4v) is 1.26. The number of hydrogen-bond donors (Lipinski definition) is 1. The topological polar surface area (TPSA) is 29.9 Å². The number of aryl methyl sites for hydroxylation is 1. The van der Waals surface area contributed by atoms with E-state index in [1.165, 1.54) is 5.56 Å². The van der Waals surface area contributed by atoms with Crippen LogP contribution < -0.4 is 5.32 Å². The van der Waals surface area contributed by atoms with Crippen LogP contribution in [-0.2, 0) is 7.05 Å². The van der Waals surface area contributed by atoms with E-state index in [2.05, 4.69) is 31.2 Å². The molecular formula is C9H17N3. The van der Waals surface area contributed by atoms with Crippen LogP contribution in [0.2, 0.25) is 0 Å². The summed E-state index contributed by atoms with van der Waals surface area (Å²) in [5.74, 6) is 0. The number of aromatic nitrogens is 2. The molecule has 0 aromatic carbocycles. The fraction of sp³-hybridized carbons (Fsp3) is 0.667. The Balaban J connectivity index is 2.58. The molecule has 0 saturated heterocycles. The van der Waals surface area contributed by atoms with Crippen LogP contribution in [0.25, 0.3) is 0 Å². The van der Waals surface area contributed by atoms with E-state index in [-0.39, 0.29) is 0 Å². The maximum atomic E-state index is 4.12. The van der Waals surface area contributed by atoms with Crippen molar-refractivity contribution < 1.29 is 0 Å². The van der Waals surface area contributed by atoms with Crippen LogP contribution in [0.1, 0.15) is 32.4 Å². The van der Waals surface area contributed by atoms with Gasteiger partial charge in [-0.05, 0) is 6.92 Å². The van der Waals surface area contributed by atoms with E-state index in [1.54, 1.807) is 0 Å². The third-order valence-electron chi connectivity index (χ3n) is 1.81. The molecule has 1 N–H and O–H groups in total. The average Bonchev–Trinajstić information content (AvgIpc) is 2.34. The Morgan fingerprint density at radius 3 is 2.50 bits per heavy atom. The van der Waals surface area contributed by atoms with Crippen molar-refractivity contribution in [1.82, 2.24) is 15.1 Å². The van der Waals surface area contributed by atoms with Crippen LogP contribution in [0.5, 0.6) is 0 Å². The lowest BCUT2D eigenvalue weighted by Gasteiger charge is -2.14. The van der Waals surface area contributed by atoms with Crippen LogP contribution in [0, 0.1) is 0 Å². The van der Waals surface area contributed by atoms with Gasteiger partial charge in [0.15, 0.2) is 0 Å². The standard InChI is InChI=1S/C9H17N3/c1-7(2)11-8(3)9-5-10-12(4)6-9/h5-8,11H,1-4H3. The molecule has 0 bridgehead atoms. The second kappa shape index (κ2) is 3.72. The SMILES string of the molecule is CC(C)NC(C)c1cnn(C)c1. The van der Waals surface area contributed by atoms with Gasteiger partial charge >= 0.3 is 0 Å². The van der Waals surface area contributed by atoms with Crippen LogP contribution in [0.4, 0.5) is 0 Å². The van der Waals surface area contributed by atoms with Crippen LogP contribution in [-0.4, -0.2) is 15.8 Å². The van der Waals surface area contributed by atoms with E-state index in [4.69, 9.17) is 0 Å². The maximum absolute atomic E-state index is 4.12. The first kappa shape index (κ1) is 9.26. The van der Waals surface area contributed by atoms with Crippen molar-refractivity contribution in [3.05, 3.63) is 18.0 Å². The summed E-state index contributed by atoms with van der Waals surface area (Å²) in [4.78, 5) is 0. The summed E-state index contributed by atoms with van der Waals surface area (Å²) in [5, 5.41) is 7.54. The zero-order valence-corrected chi connectivity index (χ0v) is 8.20. The molecule has 3 heteroatoms. The molecule has 12 heavy (non-hydrogen) atoms. The third-order valence-corrected chi connectivity index (χ3v) is 1.81. The van der Waals surface area contributed by atoms with Crippen molar-refractivity contribution in [3.8, 4) is 0 Å². The van der Waals surface area contributed by atoms with Gasteiger partial charge in [0.25, 0.3) is 0 Å². The van der Waals surface area contributed by atoms with Gasteiger partial charge in [0.2, 0.25) is 0 Å². The van der Waals surface area contributed by atoms with Gasteiger partial charge in [0.05, 0.1) is 6.20 Å². The van der Waals surface area contributed by atoms with Crippen molar-refractivity contribution in [3.63, 3.8) is 0 Å².